The van der Waals surface area contributed by atoms with Gasteiger partial charge in [-0.05, 0) is 5.92 Å². The summed E-state index contributed by atoms with van der Waals surface area (Å²) >= 11 is 0. The molecule has 1 aliphatic heterocycles. The fourth-order valence-electron chi connectivity index (χ4n) is 3.05. The van der Waals surface area contributed by atoms with Gasteiger partial charge in [-0.2, -0.15) is 0 Å². The zero-order valence-electron chi connectivity index (χ0n) is 14.9. The highest BCUT2D eigenvalue weighted by molar-refractivity contribution is 7.52. The van der Waals surface area contributed by atoms with Gasteiger partial charge in [-0.25, -0.2) is 9.97 Å². The van der Waals surface area contributed by atoms with Crippen molar-refractivity contribution < 1.29 is 23.5 Å². The van der Waals surface area contributed by atoms with Crippen LogP contribution in [0.1, 0.15) is 26.5 Å². The van der Waals surface area contributed by atoms with Crippen LogP contribution in [-0.4, -0.2) is 56.5 Å². The molecule has 1 aliphatic rings. The van der Waals surface area contributed by atoms with Gasteiger partial charge in [0.2, 0.25) is 0 Å². The van der Waals surface area contributed by atoms with Gasteiger partial charge in [-0.3, -0.25) is 13.9 Å². The smallest absolute Gasteiger partial charge is 0.328 e. The molecule has 1 saturated heterocycles. The van der Waals surface area contributed by atoms with Crippen molar-refractivity contribution in [2.75, 3.05) is 19.9 Å². The number of methoxy groups -OCH3 is 1. The summed E-state index contributed by atoms with van der Waals surface area (Å²) in [5, 5.41) is 0. The molecule has 0 saturated carbocycles. The fraction of sp³-hybridized carbons (Fsp3) is 0.667. The Morgan fingerprint density at radius 3 is 2.96 bits per heavy atom. The first-order valence-corrected chi connectivity index (χ1v) is 10.1. The first-order chi connectivity index (χ1) is 12.3. The van der Waals surface area contributed by atoms with E-state index in [9.17, 15) is 14.3 Å². The van der Waals surface area contributed by atoms with Gasteiger partial charge in [-0.15, -0.1) is 0 Å². The number of aromatic amines is 1. The molecule has 1 fully saturated rings. The summed E-state index contributed by atoms with van der Waals surface area (Å²) in [6.07, 6.45) is 2.06. The van der Waals surface area contributed by atoms with E-state index in [2.05, 4.69) is 15.0 Å². The molecule has 26 heavy (non-hydrogen) atoms. The van der Waals surface area contributed by atoms with E-state index in [-0.39, 0.29) is 35.9 Å². The second-order valence-electron chi connectivity index (χ2n) is 6.70. The highest BCUT2D eigenvalue weighted by Gasteiger charge is 2.38. The molecule has 0 bridgehead atoms. The third kappa shape index (κ3) is 4.05. The van der Waals surface area contributed by atoms with Gasteiger partial charge in [0.1, 0.15) is 12.3 Å². The number of ether oxygens (including phenoxy) is 2. The van der Waals surface area contributed by atoms with Gasteiger partial charge in [0.15, 0.2) is 11.2 Å². The minimum absolute atomic E-state index is 0.0442. The lowest BCUT2D eigenvalue weighted by molar-refractivity contribution is -0.0478. The molecular weight excluding hydrogens is 363 g/mol. The molecule has 0 aromatic carbocycles. The van der Waals surface area contributed by atoms with Crippen LogP contribution in [0.2, 0.25) is 0 Å². The minimum Gasteiger partial charge on any atom is -0.378 e. The van der Waals surface area contributed by atoms with Crippen LogP contribution in [0, 0.1) is 5.92 Å². The summed E-state index contributed by atoms with van der Waals surface area (Å²) < 4.78 is 30.3. The van der Waals surface area contributed by atoms with Crippen molar-refractivity contribution in [3.63, 3.8) is 0 Å². The molecule has 0 aliphatic carbocycles. The monoisotopic (exact) mass is 386 g/mol. The van der Waals surface area contributed by atoms with Crippen LogP contribution in [0.4, 0.5) is 0 Å². The zero-order valence-corrected chi connectivity index (χ0v) is 15.8. The normalized spacial score (nSPS) is 25.8. The molecule has 2 aromatic heterocycles. The maximum atomic E-state index is 12.1. The largest absolute Gasteiger partial charge is 0.378 e. The molecule has 0 amide bonds. The van der Waals surface area contributed by atoms with Gasteiger partial charge in [0, 0.05) is 13.5 Å². The number of hydrogen-bond donors (Lipinski definition) is 2. The molecule has 3 rings (SSSR count). The Morgan fingerprint density at radius 2 is 2.27 bits per heavy atom. The van der Waals surface area contributed by atoms with E-state index in [1.165, 1.54) is 12.7 Å². The summed E-state index contributed by atoms with van der Waals surface area (Å²) in [7, 11) is -2.13. The predicted octanol–water partition coefficient (Wildman–Crippen LogP) is 1.28. The van der Waals surface area contributed by atoms with Crippen LogP contribution in [0.3, 0.4) is 0 Å². The summed E-state index contributed by atoms with van der Waals surface area (Å²) in [6, 6.07) is 0. The third-order valence-corrected chi connectivity index (χ3v) is 5.94. The number of hydrogen-bond acceptors (Lipinski definition) is 7. The lowest BCUT2D eigenvalue weighted by atomic mass is 10.2. The summed E-state index contributed by atoms with van der Waals surface area (Å²) in [4.78, 5) is 32.4. The van der Waals surface area contributed by atoms with Crippen LogP contribution >= 0.6 is 7.60 Å². The number of H-pyrrole nitrogens is 1. The van der Waals surface area contributed by atoms with Crippen molar-refractivity contribution >= 4 is 18.8 Å². The molecule has 1 unspecified atom stereocenters. The van der Waals surface area contributed by atoms with E-state index in [0.717, 1.165) is 0 Å². The van der Waals surface area contributed by atoms with Crippen LogP contribution in [0.5, 0.6) is 0 Å². The molecule has 10 nitrogen and oxygen atoms in total. The molecule has 2 N–H and O–H groups in total. The Labute approximate surface area is 150 Å². The van der Waals surface area contributed by atoms with Crippen molar-refractivity contribution in [3.05, 3.63) is 23.0 Å². The van der Waals surface area contributed by atoms with Crippen molar-refractivity contribution in [3.8, 4) is 0 Å². The van der Waals surface area contributed by atoms with Gasteiger partial charge >= 0.3 is 7.60 Å². The van der Waals surface area contributed by atoms with Crippen molar-refractivity contribution in [1.82, 2.24) is 19.5 Å². The Morgan fingerprint density at radius 1 is 1.50 bits per heavy atom. The van der Waals surface area contributed by atoms with E-state index < -0.39 is 19.9 Å². The molecule has 11 heteroatoms. The molecular formula is C15H23N4O6P. The van der Waals surface area contributed by atoms with Crippen LogP contribution < -0.4 is 5.56 Å². The first-order valence-electron chi connectivity index (χ1n) is 8.35. The number of rotatable bonds is 7. The summed E-state index contributed by atoms with van der Waals surface area (Å²) in [5.74, 6) is 0.0442. The third-order valence-electron chi connectivity index (χ3n) is 4.20. The van der Waals surface area contributed by atoms with Gasteiger partial charge < -0.3 is 23.9 Å². The van der Waals surface area contributed by atoms with E-state index in [0.29, 0.717) is 12.1 Å². The molecule has 4 atom stereocenters. The molecule has 2 aromatic rings. The second-order valence-corrected chi connectivity index (χ2v) is 8.60. The van der Waals surface area contributed by atoms with Crippen molar-refractivity contribution in [1.29, 1.82) is 0 Å². The molecule has 144 valence electrons. The summed E-state index contributed by atoms with van der Waals surface area (Å²) in [5.41, 5.74) is 0.300. The maximum absolute atomic E-state index is 12.1. The lowest BCUT2D eigenvalue weighted by Crippen LogP contribution is -2.28. The van der Waals surface area contributed by atoms with Gasteiger partial charge in [0.25, 0.3) is 5.56 Å². The number of imidazole rings is 1. The Bertz CT molecular complexity index is 865. The quantitative estimate of drug-likeness (QED) is 0.681. The van der Waals surface area contributed by atoms with Gasteiger partial charge in [0.05, 0.1) is 31.5 Å². The van der Waals surface area contributed by atoms with Crippen LogP contribution in [0.15, 0.2) is 17.4 Å². The van der Waals surface area contributed by atoms with Crippen molar-refractivity contribution in [2.45, 2.75) is 38.7 Å². The van der Waals surface area contributed by atoms with Crippen LogP contribution in [0.25, 0.3) is 11.2 Å². The number of nitrogens with one attached hydrogen (secondary N) is 1. The molecule has 3 heterocycles. The first kappa shape index (κ1) is 19.2. The van der Waals surface area contributed by atoms with Crippen molar-refractivity contribution in [2.24, 2.45) is 5.92 Å². The van der Waals surface area contributed by atoms with E-state index >= 15 is 0 Å². The van der Waals surface area contributed by atoms with E-state index in [4.69, 9.17) is 14.0 Å². The highest BCUT2D eigenvalue weighted by Crippen LogP contribution is 2.45. The molecule has 0 spiro atoms. The average Bonchev–Trinajstić information content (AvgIpc) is 3.16. The lowest BCUT2D eigenvalue weighted by Gasteiger charge is -2.20. The fourth-order valence-corrected chi connectivity index (χ4v) is 4.46. The summed E-state index contributed by atoms with van der Waals surface area (Å²) in [6.45, 7) is 3.65. The Balaban J connectivity index is 1.73. The molecule has 0 radical (unpaired) electrons. The zero-order chi connectivity index (χ0) is 18.9. The topological polar surface area (TPSA) is 129 Å². The van der Waals surface area contributed by atoms with E-state index in [1.807, 2.05) is 13.8 Å². The highest BCUT2D eigenvalue weighted by atomic mass is 31.2. The Hall–Kier alpha value is -1.58. The van der Waals surface area contributed by atoms with Gasteiger partial charge in [-0.1, -0.05) is 13.8 Å². The van der Waals surface area contributed by atoms with E-state index in [1.54, 1.807) is 11.7 Å². The minimum atomic E-state index is -3.68. The number of aromatic nitrogens is 4. The van der Waals surface area contributed by atoms with Crippen LogP contribution in [-0.2, 0) is 18.6 Å². The Kier molecular flexibility index (Phi) is 5.59. The maximum Gasteiger partial charge on any atom is 0.328 e. The predicted molar refractivity (Wildman–Crippen MR) is 93.0 cm³/mol. The average molecular weight is 386 g/mol. The number of fused-ring (bicyclic) bond motifs is 1. The second kappa shape index (κ2) is 7.58. The number of nitrogens with zero attached hydrogens (tertiary/aromatic N) is 3. The SMILES string of the molecule is CO[C@@H]1C[C@H](n2cnc3c(=O)[nH]cnc32)O[C@@H]1COP(=O)(O)CC(C)C. The standard InChI is InChI=1S/C15H23N4O6P/c1-9(2)6-26(21,22)24-5-11-10(23-3)4-12(25-11)19-8-18-13-14(19)16-7-17-15(13)20/h7-12H,4-6H2,1-3H3,(H,21,22)(H,16,17,20)/t10-,11-,12-/m1/s1.